The average Bonchev–Trinajstić information content (AvgIpc) is 2.81. The van der Waals surface area contributed by atoms with Crippen LogP contribution in [-0.2, 0) is 0 Å². The molecule has 3 nitrogen and oxygen atoms in total. The molecule has 0 aliphatic carbocycles. The number of nitrogens with one attached hydrogen (secondary N) is 1. The Hall–Kier alpha value is -2.16. The summed E-state index contributed by atoms with van der Waals surface area (Å²) in [5, 5.41) is 3.37. The predicted octanol–water partition coefficient (Wildman–Crippen LogP) is 3.78. The van der Waals surface area contributed by atoms with Gasteiger partial charge in [-0.15, -0.1) is 0 Å². The molecule has 0 aromatic heterocycles. The quantitative estimate of drug-likeness (QED) is 0.868. The fraction of sp³-hybridized carbons (Fsp3) is 0.200. The van der Waals surface area contributed by atoms with E-state index >= 15 is 0 Å². The highest BCUT2D eigenvalue weighted by Crippen LogP contribution is 2.35. The molecule has 0 bridgehead atoms. The molecule has 2 aromatic rings. The van der Waals surface area contributed by atoms with E-state index in [1.807, 2.05) is 18.2 Å². The van der Waals surface area contributed by atoms with Gasteiger partial charge in [0.05, 0.1) is 0 Å². The Balaban J connectivity index is 1.85. The number of aryl methyl sites for hydroxylation is 2. The molecule has 0 radical (unpaired) electrons. The average molecular weight is 241 g/mol. The molecule has 92 valence electrons. The molecule has 2 aromatic carbocycles. The van der Waals surface area contributed by atoms with Gasteiger partial charge in [0.15, 0.2) is 11.5 Å². The molecule has 3 heteroatoms. The zero-order chi connectivity index (χ0) is 12.5. The Kier molecular flexibility index (Phi) is 2.59. The van der Waals surface area contributed by atoms with Crippen LogP contribution >= 0.6 is 0 Å². The third kappa shape index (κ3) is 1.99. The fourth-order valence-corrected chi connectivity index (χ4v) is 1.96. The van der Waals surface area contributed by atoms with Gasteiger partial charge in [-0.05, 0) is 49.2 Å². The number of rotatable bonds is 2. The number of hydrogen-bond acceptors (Lipinski definition) is 3. The first kappa shape index (κ1) is 11.0. The second kappa shape index (κ2) is 4.26. The Morgan fingerprint density at radius 1 is 0.833 bits per heavy atom. The van der Waals surface area contributed by atoms with Crippen LogP contribution in [0, 0.1) is 13.8 Å². The van der Waals surface area contributed by atoms with Crippen molar-refractivity contribution >= 4 is 11.4 Å². The first-order valence-electron chi connectivity index (χ1n) is 5.96. The van der Waals surface area contributed by atoms with E-state index in [1.54, 1.807) is 0 Å². The number of ether oxygens (including phenoxy) is 2. The topological polar surface area (TPSA) is 30.5 Å². The standard InChI is InChI=1S/C15H15NO2/c1-10-3-4-12(7-11(10)2)16-13-5-6-14-15(8-13)18-9-17-14/h3-8,16H,9H2,1-2H3. The van der Waals surface area contributed by atoms with Crippen LogP contribution in [0.3, 0.4) is 0 Å². The molecule has 0 fully saturated rings. The number of hydrogen-bond donors (Lipinski definition) is 1. The van der Waals surface area contributed by atoms with E-state index in [2.05, 4.69) is 37.4 Å². The second-order valence-corrected chi connectivity index (χ2v) is 4.49. The first-order chi connectivity index (χ1) is 8.72. The molecule has 1 N–H and O–H groups in total. The summed E-state index contributed by atoms with van der Waals surface area (Å²) in [7, 11) is 0. The van der Waals surface area contributed by atoms with Crippen molar-refractivity contribution in [1.82, 2.24) is 0 Å². The van der Waals surface area contributed by atoms with Gasteiger partial charge in [0, 0.05) is 17.4 Å². The molecule has 0 unspecified atom stereocenters. The van der Waals surface area contributed by atoms with E-state index in [4.69, 9.17) is 9.47 Å². The number of anilines is 2. The summed E-state index contributed by atoms with van der Waals surface area (Å²) >= 11 is 0. The summed E-state index contributed by atoms with van der Waals surface area (Å²) in [6.45, 7) is 4.53. The zero-order valence-corrected chi connectivity index (χ0v) is 10.5. The molecule has 0 amide bonds. The van der Waals surface area contributed by atoms with E-state index in [0.717, 1.165) is 22.9 Å². The van der Waals surface area contributed by atoms with Crippen LogP contribution in [-0.4, -0.2) is 6.79 Å². The van der Waals surface area contributed by atoms with Gasteiger partial charge >= 0.3 is 0 Å². The lowest BCUT2D eigenvalue weighted by atomic mass is 10.1. The Morgan fingerprint density at radius 3 is 2.39 bits per heavy atom. The van der Waals surface area contributed by atoms with Crippen LogP contribution in [0.25, 0.3) is 0 Å². The lowest BCUT2D eigenvalue weighted by molar-refractivity contribution is 0.174. The van der Waals surface area contributed by atoms with Crippen molar-refractivity contribution in [2.45, 2.75) is 13.8 Å². The molecule has 18 heavy (non-hydrogen) atoms. The van der Waals surface area contributed by atoms with Crippen molar-refractivity contribution in [1.29, 1.82) is 0 Å². The lowest BCUT2D eigenvalue weighted by Gasteiger charge is -2.09. The van der Waals surface area contributed by atoms with Crippen molar-refractivity contribution in [2.24, 2.45) is 0 Å². The van der Waals surface area contributed by atoms with Crippen LogP contribution in [0.2, 0.25) is 0 Å². The molecule has 1 aliphatic heterocycles. The minimum absolute atomic E-state index is 0.308. The van der Waals surface area contributed by atoms with Crippen molar-refractivity contribution in [3.8, 4) is 11.5 Å². The third-order valence-corrected chi connectivity index (χ3v) is 3.17. The normalized spacial score (nSPS) is 12.6. The zero-order valence-electron chi connectivity index (χ0n) is 10.5. The van der Waals surface area contributed by atoms with Crippen molar-refractivity contribution < 1.29 is 9.47 Å². The van der Waals surface area contributed by atoms with Gasteiger partial charge < -0.3 is 14.8 Å². The van der Waals surface area contributed by atoms with Gasteiger partial charge in [0.2, 0.25) is 6.79 Å². The van der Waals surface area contributed by atoms with Crippen LogP contribution in [0.5, 0.6) is 11.5 Å². The molecular formula is C15H15NO2. The highest BCUT2D eigenvalue weighted by Gasteiger charge is 2.13. The lowest BCUT2D eigenvalue weighted by Crippen LogP contribution is -1.93. The number of benzene rings is 2. The van der Waals surface area contributed by atoms with Crippen LogP contribution in [0.15, 0.2) is 36.4 Å². The summed E-state index contributed by atoms with van der Waals surface area (Å²) in [6.07, 6.45) is 0. The summed E-state index contributed by atoms with van der Waals surface area (Å²) < 4.78 is 10.6. The molecule has 1 heterocycles. The van der Waals surface area contributed by atoms with E-state index in [1.165, 1.54) is 11.1 Å². The molecule has 0 atom stereocenters. The maximum atomic E-state index is 5.36. The van der Waals surface area contributed by atoms with Crippen LogP contribution in [0.4, 0.5) is 11.4 Å². The fourth-order valence-electron chi connectivity index (χ4n) is 1.96. The molecular weight excluding hydrogens is 226 g/mol. The molecule has 1 aliphatic rings. The van der Waals surface area contributed by atoms with Crippen molar-refractivity contribution in [2.75, 3.05) is 12.1 Å². The monoisotopic (exact) mass is 241 g/mol. The number of fused-ring (bicyclic) bond motifs is 1. The van der Waals surface area contributed by atoms with E-state index in [9.17, 15) is 0 Å². The first-order valence-corrected chi connectivity index (χ1v) is 5.96. The summed E-state index contributed by atoms with van der Waals surface area (Å²) in [4.78, 5) is 0. The Bertz CT molecular complexity index is 593. The Morgan fingerprint density at radius 2 is 1.56 bits per heavy atom. The van der Waals surface area contributed by atoms with Gasteiger partial charge in [-0.1, -0.05) is 6.07 Å². The largest absolute Gasteiger partial charge is 0.454 e. The third-order valence-electron chi connectivity index (χ3n) is 3.17. The van der Waals surface area contributed by atoms with Gasteiger partial charge in [-0.3, -0.25) is 0 Å². The molecule has 0 saturated carbocycles. The van der Waals surface area contributed by atoms with E-state index in [-0.39, 0.29) is 0 Å². The van der Waals surface area contributed by atoms with Crippen molar-refractivity contribution in [3.05, 3.63) is 47.5 Å². The van der Waals surface area contributed by atoms with Crippen LogP contribution < -0.4 is 14.8 Å². The highest BCUT2D eigenvalue weighted by atomic mass is 16.7. The minimum Gasteiger partial charge on any atom is -0.454 e. The SMILES string of the molecule is Cc1ccc(Nc2ccc3c(c2)OCO3)cc1C. The van der Waals surface area contributed by atoms with Gasteiger partial charge in [0.1, 0.15) is 0 Å². The maximum Gasteiger partial charge on any atom is 0.231 e. The van der Waals surface area contributed by atoms with Crippen LogP contribution in [0.1, 0.15) is 11.1 Å². The minimum atomic E-state index is 0.308. The van der Waals surface area contributed by atoms with Gasteiger partial charge in [0.25, 0.3) is 0 Å². The smallest absolute Gasteiger partial charge is 0.231 e. The van der Waals surface area contributed by atoms with E-state index < -0.39 is 0 Å². The van der Waals surface area contributed by atoms with Gasteiger partial charge in [-0.25, -0.2) is 0 Å². The van der Waals surface area contributed by atoms with Crippen molar-refractivity contribution in [3.63, 3.8) is 0 Å². The van der Waals surface area contributed by atoms with Gasteiger partial charge in [-0.2, -0.15) is 0 Å². The maximum absolute atomic E-state index is 5.36. The summed E-state index contributed by atoms with van der Waals surface area (Å²) in [5.41, 5.74) is 4.66. The highest BCUT2D eigenvalue weighted by molar-refractivity contribution is 5.64. The molecule has 0 spiro atoms. The molecule has 0 saturated heterocycles. The summed E-state index contributed by atoms with van der Waals surface area (Å²) in [5.74, 6) is 1.60. The molecule has 3 rings (SSSR count). The Labute approximate surface area is 106 Å². The predicted molar refractivity (Wildman–Crippen MR) is 71.8 cm³/mol. The summed E-state index contributed by atoms with van der Waals surface area (Å²) in [6, 6.07) is 12.2. The van der Waals surface area contributed by atoms with E-state index in [0.29, 0.717) is 6.79 Å². The second-order valence-electron chi connectivity index (χ2n) is 4.49.